The Morgan fingerprint density at radius 2 is 1.83 bits per heavy atom. The third kappa shape index (κ3) is 1.39. The Hall–Kier alpha value is -0.0400. The van der Waals surface area contributed by atoms with Crippen LogP contribution in [-0.4, -0.2) is 13.1 Å². The molecule has 1 heteroatoms. The highest BCUT2D eigenvalue weighted by Gasteiger charge is 2.47. The standard InChI is InChI=1S/C11H21N/c1-11(7-8-11)10(12-2)9-5-3-4-6-9/h9-10,12H,3-8H2,1-2H3. The van der Waals surface area contributed by atoms with Gasteiger partial charge in [-0.1, -0.05) is 19.8 Å². The van der Waals surface area contributed by atoms with E-state index in [0.717, 1.165) is 12.0 Å². The first-order valence-corrected chi connectivity index (χ1v) is 5.43. The SMILES string of the molecule is CNC(C1CCCC1)C1(C)CC1. The van der Waals surface area contributed by atoms with Crippen molar-refractivity contribution in [2.45, 2.75) is 51.5 Å². The van der Waals surface area contributed by atoms with Crippen molar-refractivity contribution in [3.63, 3.8) is 0 Å². The van der Waals surface area contributed by atoms with Crippen molar-refractivity contribution in [1.29, 1.82) is 0 Å². The fourth-order valence-corrected chi connectivity index (χ4v) is 2.95. The summed E-state index contributed by atoms with van der Waals surface area (Å²) in [6, 6.07) is 0.819. The summed E-state index contributed by atoms with van der Waals surface area (Å²) >= 11 is 0. The Morgan fingerprint density at radius 1 is 1.25 bits per heavy atom. The first kappa shape index (κ1) is 8.55. The lowest BCUT2D eigenvalue weighted by molar-refractivity contribution is 0.269. The summed E-state index contributed by atoms with van der Waals surface area (Å²) in [7, 11) is 2.15. The molecule has 70 valence electrons. The first-order valence-electron chi connectivity index (χ1n) is 5.43. The van der Waals surface area contributed by atoms with Crippen molar-refractivity contribution in [2.24, 2.45) is 11.3 Å². The fourth-order valence-electron chi connectivity index (χ4n) is 2.95. The van der Waals surface area contributed by atoms with Crippen LogP contribution in [0.2, 0.25) is 0 Å². The van der Waals surface area contributed by atoms with Gasteiger partial charge in [0.05, 0.1) is 0 Å². The van der Waals surface area contributed by atoms with Gasteiger partial charge in [-0.15, -0.1) is 0 Å². The molecule has 2 aliphatic rings. The largest absolute Gasteiger partial charge is 0.316 e. The van der Waals surface area contributed by atoms with E-state index in [4.69, 9.17) is 0 Å². The number of hydrogen-bond acceptors (Lipinski definition) is 1. The average Bonchev–Trinajstić information content (AvgIpc) is 2.63. The van der Waals surface area contributed by atoms with Gasteiger partial charge in [-0.25, -0.2) is 0 Å². The molecule has 1 unspecified atom stereocenters. The minimum absolute atomic E-state index is 0.670. The Bertz CT molecular complexity index is 154. The van der Waals surface area contributed by atoms with Gasteiger partial charge in [-0.05, 0) is 44.1 Å². The highest BCUT2D eigenvalue weighted by atomic mass is 14.9. The summed E-state index contributed by atoms with van der Waals surface area (Å²) in [6.07, 6.45) is 8.80. The normalized spacial score (nSPS) is 30.5. The third-order valence-corrected chi connectivity index (χ3v) is 3.97. The van der Waals surface area contributed by atoms with Crippen molar-refractivity contribution in [1.82, 2.24) is 5.32 Å². The van der Waals surface area contributed by atoms with Gasteiger partial charge in [-0.3, -0.25) is 0 Å². The van der Waals surface area contributed by atoms with Crippen LogP contribution in [0.1, 0.15) is 45.4 Å². The predicted molar refractivity (Wildman–Crippen MR) is 52.1 cm³/mol. The summed E-state index contributed by atoms with van der Waals surface area (Å²) in [5.74, 6) is 0.988. The predicted octanol–water partition coefficient (Wildman–Crippen LogP) is 2.56. The maximum atomic E-state index is 3.55. The van der Waals surface area contributed by atoms with Gasteiger partial charge >= 0.3 is 0 Å². The summed E-state index contributed by atoms with van der Waals surface area (Å²) in [4.78, 5) is 0. The zero-order chi connectivity index (χ0) is 8.60. The van der Waals surface area contributed by atoms with Crippen molar-refractivity contribution in [3.8, 4) is 0 Å². The van der Waals surface area contributed by atoms with E-state index in [1.54, 1.807) is 0 Å². The Labute approximate surface area is 75.9 Å². The highest BCUT2D eigenvalue weighted by molar-refractivity contribution is 5.01. The van der Waals surface area contributed by atoms with Gasteiger partial charge in [0.15, 0.2) is 0 Å². The van der Waals surface area contributed by atoms with Crippen LogP contribution in [0.5, 0.6) is 0 Å². The summed E-state index contributed by atoms with van der Waals surface area (Å²) in [5, 5.41) is 3.55. The number of nitrogens with one attached hydrogen (secondary N) is 1. The first-order chi connectivity index (χ1) is 5.76. The quantitative estimate of drug-likeness (QED) is 0.681. The van der Waals surface area contributed by atoms with Crippen LogP contribution in [0.25, 0.3) is 0 Å². The van der Waals surface area contributed by atoms with E-state index in [9.17, 15) is 0 Å². The van der Waals surface area contributed by atoms with Crippen LogP contribution in [0.4, 0.5) is 0 Å². The zero-order valence-electron chi connectivity index (χ0n) is 8.40. The maximum absolute atomic E-state index is 3.55. The fraction of sp³-hybridized carbons (Fsp3) is 1.00. The van der Waals surface area contributed by atoms with E-state index < -0.39 is 0 Å². The Balaban J connectivity index is 1.97. The van der Waals surface area contributed by atoms with E-state index >= 15 is 0 Å². The molecule has 2 fully saturated rings. The molecule has 0 radical (unpaired) electrons. The molecule has 0 aromatic rings. The Morgan fingerprint density at radius 3 is 2.25 bits per heavy atom. The second-order valence-electron chi connectivity index (χ2n) is 4.96. The molecule has 1 N–H and O–H groups in total. The number of rotatable bonds is 3. The van der Waals surface area contributed by atoms with Gasteiger partial charge in [0.2, 0.25) is 0 Å². The molecule has 0 aromatic heterocycles. The molecule has 1 nitrogen and oxygen atoms in total. The van der Waals surface area contributed by atoms with E-state index in [2.05, 4.69) is 19.3 Å². The molecule has 0 heterocycles. The van der Waals surface area contributed by atoms with Crippen LogP contribution in [0.3, 0.4) is 0 Å². The van der Waals surface area contributed by atoms with Crippen molar-refractivity contribution in [2.75, 3.05) is 7.05 Å². The van der Waals surface area contributed by atoms with E-state index in [0.29, 0.717) is 5.41 Å². The topological polar surface area (TPSA) is 12.0 Å². The smallest absolute Gasteiger partial charge is 0.0146 e. The van der Waals surface area contributed by atoms with E-state index in [-0.39, 0.29) is 0 Å². The number of hydrogen-bond donors (Lipinski definition) is 1. The van der Waals surface area contributed by atoms with Crippen LogP contribution < -0.4 is 5.32 Å². The maximum Gasteiger partial charge on any atom is 0.0146 e. The second-order valence-corrected chi connectivity index (χ2v) is 4.96. The van der Waals surface area contributed by atoms with Crippen LogP contribution in [0, 0.1) is 11.3 Å². The van der Waals surface area contributed by atoms with E-state index in [1.165, 1.54) is 38.5 Å². The molecule has 0 aromatic carbocycles. The average molecular weight is 167 g/mol. The molecule has 2 saturated carbocycles. The molecular formula is C11H21N. The van der Waals surface area contributed by atoms with E-state index in [1.807, 2.05) is 0 Å². The molecule has 1 atom stereocenters. The lowest BCUT2D eigenvalue weighted by Crippen LogP contribution is -2.39. The molecule has 0 saturated heterocycles. The zero-order valence-corrected chi connectivity index (χ0v) is 8.40. The molecule has 2 rings (SSSR count). The van der Waals surface area contributed by atoms with Gasteiger partial charge in [0, 0.05) is 6.04 Å². The van der Waals surface area contributed by atoms with Gasteiger partial charge in [0.1, 0.15) is 0 Å². The molecular weight excluding hydrogens is 146 g/mol. The summed E-state index contributed by atoms with van der Waals surface area (Å²) in [6.45, 7) is 2.45. The van der Waals surface area contributed by atoms with Crippen molar-refractivity contribution in [3.05, 3.63) is 0 Å². The lowest BCUT2D eigenvalue weighted by Gasteiger charge is -2.29. The molecule has 0 bridgehead atoms. The lowest BCUT2D eigenvalue weighted by atomic mass is 9.86. The van der Waals surface area contributed by atoms with Gasteiger partial charge in [0.25, 0.3) is 0 Å². The Kier molecular flexibility index (Phi) is 2.16. The molecule has 12 heavy (non-hydrogen) atoms. The molecule has 2 aliphatic carbocycles. The van der Waals surface area contributed by atoms with Crippen molar-refractivity contribution < 1.29 is 0 Å². The second kappa shape index (κ2) is 3.02. The molecule has 0 amide bonds. The minimum Gasteiger partial charge on any atom is -0.316 e. The molecule has 0 spiro atoms. The van der Waals surface area contributed by atoms with Crippen LogP contribution >= 0.6 is 0 Å². The van der Waals surface area contributed by atoms with Crippen molar-refractivity contribution >= 4 is 0 Å². The summed E-state index contributed by atoms with van der Waals surface area (Å²) in [5.41, 5.74) is 0.670. The van der Waals surface area contributed by atoms with Gasteiger partial charge in [-0.2, -0.15) is 0 Å². The highest BCUT2D eigenvalue weighted by Crippen LogP contribution is 2.52. The third-order valence-electron chi connectivity index (χ3n) is 3.97. The van der Waals surface area contributed by atoms with Gasteiger partial charge < -0.3 is 5.32 Å². The minimum atomic E-state index is 0.670. The summed E-state index contributed by atoms with van der Waals surface area (Å²) < 4.78 is 0. The van der Waals surface area contributed by atoms with Crippen LogP contribution in [0.15, 0.2) is 0 Å². The molecule has 0 aliphatic heterocycles. The monoisotopic (exact) mass is 167 g/mol. The van der Waals surface area contributed by atoms with Crippen LogP contribution in [-0.2, 0) is 0 Å².